The van der Waals surface area contributed by atoms with Gasteiger partial charge in [-0.2, -0.15) is 0 Å². The zero-order chi connectivity index (χ0) is 14.0. The minimum atomic E-state index is -0.924. The third-order valence-electron chi connectivity index (χ3n) is 3.20. The Morgan fingerprint density at radius 3 is 2.63 bits per heavy atom. The highest BCUT2D eigenvalue weighted by atomic mass is 16.4. The lowest BCUT2D eigenvalue weighted by atomic mass is 10.1. The van der Waals surface area contributed by atoms with Crippen LogP contribution in [0.3, 0.4) is 0 Å². The molecular formula is C14H17NO4. The molecule has 2 rings (SSSR count). The van der Waals surface area contributed by atoms with Crippen LogP contribution >= 0.6 is 0 Å². The Labute approximate surface area is 111 Å². The molecule has 2 N–H and O–H groups in total. The topological polar surface area (TPSA) is 77.8 Å². The summed E-state index contributed by atoms with van der Waals surface area (Å²) in [6, 6.07) is 4.97. The van der Waals surface area contributed by atoms with Gasteiger partial charge in [-0.15, -0.1) is 0 Å². The molecule has 19 heavy (non-hydrogen) atoms. The Kier molecular flexibility index (Phi) is 3.74. The summed E-state index contributed by atoms with van der Waals surface area (Å²) >= 11 is 0. The maximum atomic E-state index is 12.4. The van der Waals surface area contributed by atoms with Crippen LogP contribution < -0.4 is 0 Å². The first kappa shape index (κ1) is 13.4. The number of carboxylic acids is 1. The lowest BCUT2D eigenvalue weighted by Crippen LogP contribution is -2.35. The average Bonchev–Trinajstić information content (AvgIpc) is 3.16. The summed E-state index contributed by atoms with van der Waals surface area (Å²) in [6.45, 7) is 2.03. The van der Waals surface area contributed by atoms with Crippen molar-refractivity contribution < 1.29 is 19.8 Å². The number of aliphatic carboxylic acids is 1. The molecule has 1 aliphatic carbocycles. The van der Waals surface area contributed by atoms with E-state index in [1.165, 1.54) is 6.07 Å². The number of phenolic OH excluding ortho intramolecular Hbond substituents is 1. The number of carbonyl (C=O) groups is 2. The molecule has 1 aliphatic rings. The number of amides is 1. The minimum Gasteiger partial charge on any atom is -0.507 e. The van der Waals surface area contributed by atoms with Gasteiger partial charge in [-0.25, -0.2) is 0 Å². The van der Waals surface area contributed by atoms with Crippen LogP contribution in [-0.2, 0) is 4.79 Å². The predicted octanol–water partition coefficient (Wildman–Crippen LogP) is 1.78. The maximum Gasteiger partial charge on any atom is 0.305 e. The Bertz CT molecular complexity index is 508. The quantitative estimate of drug-likeness (QED) is 0.848. The van der Waals surface area contributed by atoms with Crippen LogP contribution in [0.1, 0.15) is 35.2 Å². The van der Waals surface area contributed by atoms with Crippen molar-refractivity contribution in [2.45, 2.75) is 32.2 Å². The molecule has 0 aliphatic heterocycles. The number of phenols is 1. The van der Waals surface area contributed by atoms with E-state index in [4.69, 9.17) is 5.11 Å². The fraction of sp³-hybridized carbons (Fsp3) is 0.429. The van der Waals surface area contributed by atoms with Gasteiger partial charge >= 0.3 is 5.97 Å². The Balaban J connectivity index is 2.18. The smallest absolute Gasteiger partial charge is 0.305 e. The van der Waals surface area contributed by atoms with E-state index in [2.05, 4.69) is 0 Å². The summed E-state index contributed by atoms with van der Waals surface area (Å²) in [5.74, 6) is -1.27. The standard InChI is InChI=1S/C14H17NO4/c1-9-2-5-12(16)11(8-9)14(19)15(10-3-4-10)7-6-13(17)18/h2,5,8,10,16H,3-4,6-7H2,1H3,(H,17,18). The summed E-state index contributed by atoms with van der Waals surface area (Å²) in [5, 5.41) is 18.5. The molecule has 5 heteroatoms. The van der Waals surface area contributed by atoms with Gasteiger partial charge in [0.15, 0.2) is 0 Å². The van der Waals surface area contributed by atoms with Crippen molar-refractivity contribution in [1.82, 2.24) is 4.90 Å². The third kappa shape index (κ3) is 3.24. The van der Waals surface area contributed by atoms with Crippen molar-refractivity contribution in [2.75, 3.05) is 6.54 Å². The lowest BCUT2D eigenvalue weighted by Gasteiger charge is -2.22. The Morgan fingerprint density at radius 2 is 2.05 bits per heavy atom. The maximum absolute atomic E-state index is 12.4. The van der Waals surface area contributed by atoms with Crippen molar-refractivity contribution in [1.29, 1.82) is 0 Å². The van der Waals surface area contributed by atoms with Gasteiger partial charge in [0.2, 0.25) is 0 Å². The van der Waals surface area contributed by atoms with Gasteiger partial charge in [0.25, 0.3) is 5.91 Å². The van der Waals surface area contributed by atoms with E-state index >= 15 is 0 Å². The van der Waals surface area contributed by atoms with Crippen LogP contribution in [0, 0.1) is 6.92 Å². The largest absolute Gasteiger partial charge is 0.507 e. The van der Waals surface area contributed by atoms with Crippen molar-refractivity contribution in [3.8, 4) is 5.75 Å². The third-order valence-corrected chi connectivity index (χ3v) is 3.20. The van der Waals surface area contributed by atoms with Crippen molar-refractivity contribution in [3.63, 3.8) is 0 Å². The van der Waals surface area contributed by atoms with E-state index in [0.29, 0.717) is 0 Å². The van der Waals surface area contributed by atoms with Crippen molar-refractivity contribution in [3.05, 3.63) is 29.3 Å². The van der Waals surface area contributed by atoms with Gasteiger partial charge in [-0.3, -0.25) is 9.59 Å². The van der Waals surface area contributed by atoms with Gasteiger partial charge in [0, 0.05) is 12.6 Å². The van der Waals surface area contributed by atoms with Gasteiger partial charge < -0.3 is 15.1 Å². The number of carbonyl (C=O) groups excluding carboxylic acids is 1. The van der Waals surface area contributed by atoms with E-state index in [9.17, 15) is 14.7 Å². The molecule has 0 aromatic heterocycles. The summed E-state index contributed by atoms with van der Waals surface area (Å²) in [4.78, 5) is 24.6. The molecule has 0 spiro atoms. The van der Waals surface area contributed by atoms with Crippen LogP contribution in [0.15, 0.2) is 18.2 Å². The zero-order valence-electron chi connectivity index (χ0n) is 10.8. The Morgan fingerprint density at radius 1 is 1.37 bits per heavy atom. The van der Waals surface area contributed by atoms with E-state index in [-0.39, 0.29) is 36.2 Å². The van der Waals surface area contributed by atoms with Crippen molar-refractivity contribution >= 4 is 11.9 Å². The SMILES string of the molecule is Cc1ccc(O)c(C(=O)N(CCC(=O)O)C2CC2)c1. The number of benzene rings is 1. The van der Waals surface area contributed by atoms with Gasteiger partial charge in [-0.05, 0) is 31.9 Å². The summed E-state index contributed by atoms with van der Waals surface area (Å²) in [7, 11) is 0. The van der Waals surface area contributed by atoms with Crippen LogP contribution in [0.4, 0.5) is 0 Å². The molecule has 0 unspecified atom stereocenters. The fourth-order valence-electron chi connectivity index (χ4n) is 2.03. The molecule has 0 atom stereocenters. The zero-order valence-corrected chi connectivity index (χ0v) is 10.8. The van der Waals surface area contributed by atoms with Gasteiger partial charge in [0.1, 0.15) is 5.75 Å². The second-order valence-electron chi connectivity index (χ2n) is 4.89. The molecule has 1 aromatic carbocycles. The molecule has 0 heterocycles. The number of hydrogen-bond acceptors (Lipinski definition) is 3. The molecule has 0 radical (unpaired) electrons. The highest BCUT2D eigenvalue weighted by molar-refractivity contribution is 5.97. The average molecular weight is 263 g/mol. The predicted molar refractivity (Wildman–Crippen MR) is 69.2 cm³/mol. The second-order valence-corrected chi connectivity index (χ2v) is 4.89. The van der Waals surface area contributed by atoms with E-state index in [0.717, 1.165) is 18.4 Å². The van der Waals surface area contributed by atoms with Crippen LogP contribution in [0.5, 0.6) is 5.75 Å². The van der Waals surface area contributed by atoms with Crippen LogP contribution in [0.25, 0.3) is 0 Å². The number of rotatable bonds is 5. The molecule has 1 amide bonds. The summed E-state index contributed by atoms with van der Waals surface area (Å²) in [6.07, 6.45) is 1.73. The van der Waals surface area contributed by atoms with E-state index < -0.39 is 5.97 Å². The molecule has 102 valence electrons. The summed E-state index contributed by atoms with van der Waals surface area (Å²) < 4.78 is 0. The molecule has 1 aromatic rings. The highest BCUT2D eigenvalue weighted by Gasteiger charge is 2.34. The normalized spacial score (nSPS) is 14.2. The first-order chi connectivity index (χ1) is 8.99. The summed E-state index contributed by atoms with van der Waals surface area (Å²) in [5.41, 5.74) is 1.13. The van der Waals surface area contributed by atoms with Gasteiger partial charge in [0.05, 0.1) is 12.0 Å². The number of hydrogen-bond donors (Lipinski definition) is 2. The molecular weight excluding hydrogens is 246 g/mol. The van der Waals surface area contributed by atoms with Gasteiger partial charge in [-0.1, -0.05) is 11.6 Å². The van der Waals surface area contributed by atoms with E-state index in [1.54, 1.807) is 17.0 Å². The van der Waals surface area contributed by atoms with Crippen LogP contribution in [0.2, 0.25) is 0 Å². The number of aryl methyl sites for hydroxylation is 1. The molecule has 0 bridgehead atoms. The first-order valence-corrected chi connectivity index (χ1v) is 6.31. The number of nitrogens with zero attached hydrogens (tertiary/aromatic N) is 1. The fourth-order valence-corrected chi connectivity index (χ4v) is 2.03. The number of carboxylic acid groups (broad SMARTS) is 1. The molecule has 5 nitrogen and oxygen atoms in total. The highest BCUT2D eigenvalue weighted by Crippen LogP contribution is 2.30. The monoisotopic (exact) mass is 263 g/mol. The van der Waals surface area contributed by atoms with E-state index in [1.807, 2.05) is 6.92 Å². The molecule has 1 saturated carbocycles. The lowest BCUT2D eigenvalue weighted by molar-refractivity contribution is -0.137. The Hall–Kier alpha value is -2.04. The molecule has 0 saturated heterocycles. The first-order valence-electron chi connectivity index (χ1n) is 6.31. The minimum absolute atomic E-state index is 0.0587. The van der Waals surface area contributed by atoms with Crippen molar-refractivity contribution in [2.24, 2.45) is 0 Å². The number of aromatic hydroxyl groups is 1. The van der Waals surface area contributed by atoms with Crippen LogP contribution in [-0.4, -0.2) is 39.6 Å². The molecule has 1 fully saturated rings. The second kappa shape index (κ2) is 5.30.